The average molecular weight is 204 g/mol. The van der Waals surface area contributed by atoms with E-state index < -0.39 is 17.0 Å². The Bertz CT molecular complexity index is 228. The molecule has 0 fully saturated rings. The van der Waals surface area contributed by atoms with Crippen LogP contribution in [-0.4, -0.2) is 33.6 Å². The molecule has 0 aromatic carbocycles. The zero-order valence-electron chi connectivity index (χ0n) is 7.47. The van der Waals surface area contributed by atoms with E-state index in [0.717, 1.165) is 0 Å². The molecule has 0 spiro atoms. The highest BCUT2D eigenvalue weighted by Gasteiger charge is 2.16. The minimum atomic E-state index is -0.944. The van der Waals surface area contributed by atoms with Crippen LogP contribution >= 0.6 is 0 Å². The van der Waals surface area contributed by atoms with Gasteiger partial charge in [-0.25, -0.2) is 10.1 Å². The molecule has 0 unspecified atom stereocenters. The lowest BCUT2D eigenvalue weighted by Crippen LogP contribution is -2.41. The Balaban J connectivity index is 3.78. The van der Waals surface area contributed by atoms with Gasteiger partial charge in [0.25, 0.3) is 5.96 Å². The number of hydrazine groups is 1. The first-order chi connectivity index (χ1) is 6.45. The molecular formula is C6H12N4O4. The molecule has 0 aromatic heterocycles. The number of hydrogen-bond acceptors (Lipinski definition) is 4. The summed E-state index contributed by atoms with van der Waals surface area (Å²) in [5, 5.41) is 25.1. The maximum atomic E-state index is 10.3. The highest BCUT2D eigenvalue weighted by atomic mass is 16.7. The molecule has 0 aliphatic carbocycles. The van der Waals surface area contributed by atoms with E-state index in [0.29, 0.717) is 17.9 Å². The maximum Gasteiger partial charge on any atom is 0.303 e. The lowest BCUT2D eigenvalue weighted by atomic mass is 10.2. The summed E-state index contributed by atoms with van der Waals surface area (Å²) in [7, 11) is 0. The molecule has 0 saturated heterocycles. The molecule has 80 valence electrons. The minimum absolute atomic E-state index is 0.0382. The van der Waals surface area contributed by atoms with E-state index in [2.05, 4.69) is 0 Å². The molecule has 0 aromatic rings. The Morgan fingerprint density at radius 3 is 2.50 bits per heavy atom. The summed E-state index contributed by atoms with van der Waals surface area (Å²) >= 11 is 0. The van der Waals surface area contributed by atoms with Crippen molar-refractivity contribution in [2.75, 3.05) is 6.54 Å². The van der Waals surface area contributed by atoms with E-state index in [9.17, 15) is 14.9 Å². The molecule has 0 heterocycles. The summed E-state index contributed by atoms with van der Waals surface area (Å²) in [4.78, 5) is 20.4. The SMILES string of the molecule is N=C(N)N(CCCCC(=O)O)[N+](=O)[O-]. The summed E-state index contributed by atoms with van der Waals surface area (Å²) in [6.07, 6.45) is 0.600. The van der Waals surface area contributed by atoms with Gasteiger partial charge >= 0.3 is 5.97 Å². The van der Waals surface area contributed by atoms with Crippen molar-refractivity contribution >= 4 is 11.9 Å². The predicted molar refractivity (Wildman–Crippen MR) is 47.1 cm³/mol. The van der Waals surface area contributed by atoms with Crippen molar-refractivity contribution in [3.05, 3.63) is 10.1 Å². The molecule has 4 N–H and O–H groups in total. The number of nitrogens with one attached hydrogen (secondary N) is 1. The van der Waals surface area contributed by atoms with Crippen molar-refractivity contribution in [1.82, 2.24) is 5.01 Å². The Kier molecular flexibility index (Phi) is 4.97. The van der Waals surface area contributed by atoms with Crippen LogP contribution in [0.3, 0.4) is 0 Å². The summed E-state index contributed by atoms with van der Waals surface area (Å²) < 4.78 is 0. The molecule has 0 bridgehead atoms. The summed E-state index contributed by atoms with van der Waals surface area (Å²) in [6.45, 7) is -0.0460. The molecule has 0 rings (SSSR count). The van der Waals surface area contributed by atoms with Crippen molar-refractivity contribution in [2.24, 2.45) is 5.73 Å². The number of nitrogens with zero attached hydrogens (tertiary/aromatic N) is 2. The van der Waals surface area contributed by atoms with Crippen LogP contribution in [0.15, 0.2) is 0 Å². The van der Waals surface area contributed by atoms with E-state index >= 15 is 0 Å². The summed E-state index contributed by atoms with van der Waals surface area (Å²) in [5.74, 6) is -1.59. The number of aliphatic carboxylic acids is 1. The van der Waals surface area contributed by atoms with Crippen molar-refractivity contribution in [2.45, 2.75) is 19.3 Å². The Morgan fingerprint density at radius 1 is 1.57 bits per heavy atom. The van der Waals surface area contributed by atoms with Crippen LogP contribution in [-0.2, 0) is 4.79 Å². The molecule has 8 heteroatoms. The molecule has 0 saturated carbocycles. The quantitative estimate of drug-likeness (QED) is 0.178. The number of nitrogens with two attached hydrogens (primary N) is 1. The van der Waals surface area contributed by atoms with Crippen LogP contribution < -0.4 is 5.73 Å². The van der Waals surface area contributed by atoms with Gasteiger partial charge in [0.2, 0.25) is 0 Å². The number of guanidine groups is 1. The Labute approximate surface area is 79.9 Å². The summed E-state index contributed by atoms with van der Waals surface area (Å²) in [6, 6.07) is 0. The zero-order chi connectivity index (χ0) is 11.1. The van der Waals surface area contributed by atoms with Crippen LogP contribution in [0.1, 0.15) is 19.3 Å². The standard InChI is InChI=1S/C6H12N4O4/c7-6(8)9(10(13)14)4-2-1-3-5(11)12/h1-4H2,(H3,7,8)(H,11,12). The van der Waals surface area contributed by atoms with Crippen LogP contribution in [0.25, 0.3) is 0 Å². The number of rotatable bonds is 6. The largest absolute Gasteiger partial charge is 0.481 e. The molecule has 8 nitrogen and oxygen atoms in total. The second-order valence-electron chi connectivity index (χ2n) is 2.60. The molecular weight excluding hydrogens is 192 g/mol. The van der Waals surface area contributed by atoms with Crippen LogP contribution in [0.2, 0.25) is 0 Å². The van der Waals surface area contributed by atoms with Crippen LogP contribution in [0.5, 0.6) is 0 Å². The van der Waals surface area contributed by atoms with Gasteiger partial charge < -0.3 is 10.8 Å². The minimum Gasteiger partial charge on any atom is -0.481 e. The number of hydrogen-bond donors (Lipinski definition) is 3. The monoisotopic (exact) mass is 204 g/mol. The van der Waals surface area contributed by atoms with E-state index in [-0.39, 0.29) is 13.0 Å². The van der Waals surface area contributed by atoms with Gasteiger partial charge in [0.05, 0.1) is 6.54 Å². The number of carbonyl (C=O) groups is 1. The average Bonchev–Trinajstić information content (AvgIpc) is 2.01. The second kappa shape index (κ2) is 5.73. The van der Waals surface area contributed by atoms with Gasteiger partial charge in [0, 0.05) is 6.42 Å². The molecule has 0 amide bonds. The van der Waals surface area contributed by atoms with Gasteiger partial charge in [-0.3, -0.25) is 10.2 Å². The van der Waals surface area contributed by atoms with E-state index in [4.69, 9.17) is 16.2 Å². The topological polar surface area (TPSA) is 134 Å². The maximum absolute atomic E-state index is 10.3. The third-order valence-corrected chi connectivity index (χ3v) is 1.49. The van der Waals surface area contributed by atoms with Gasteiger partial charge in [0.15, 0.2) is 5.03 Å². The first-order valence-electron chi connectivity index (χ1n) is 3.92. The van der Waals surface area contributed by atoms with Gasteiger partial charge in [-0.2, -0.15) is 0 Å². The van der Waals surface area contributed by atoms with Gasteiger partial charge in [-0.1, -0.05) is 5.01 Å². The predicted octanol–water partition coefficient (Wildman–Crippen LogP) is -0.372. The fourth-order valence-corrected chi connectivity index (χ4v) is 0.828. The lowest BCUT2D eigenvalue weighted by Gasteiger charge is -2.10. The van der Waals surface area contributed by atoms with E-state index in [1.165, 1.54) is 0 Å². The van der Waals surface area contributed by atoms with Gasteiger partial charge in [-0.05, 0) is 12.8 Å². The van der Waals surface area contributed by atoms with Crippen LogP contribution in [0.4, 0.5) is 0 Å². The van der Waals surface area contributed by atoms with Crippen molar-refractivity contribution < 1.29 is 14.9 Å². The third-order valence-electron chi connectivity index (χ3n) is 1.49. The number of carboxylic acids is 1. The Hall–Kier alpha value is -1.86. The highest BCUT2D eigenvalue weighted by Crippen LogP contribution is 1.98. The zero-order valence-corrected chi connectivity index (χ0v) is 7.47. The fourth-order valence-electron chi connectivity index (χ4n) is 0.828. The molecule has 0 aliphatic rings. The lowest BCUT2D eigenvalue weighted by molar-refractivity contribution is -0.629. The molecule has 0 aliphatic heterocycles. The number of unbranched alkanes of at least 4 members (excludes halogenated alkanes) is 1. The van der Waals surface area contributed by atoms with Gasteiger partial charge in [-0.15, -0.1) is 0 Å². The van der Waals surface area contributed by atoms with Gasteiger partial charge in [0.1, 0.15) is 0 Å². The molecule has 0 radical (unpaired) electrons. The van der Waals surface area contributed by atoms with E-state index in [1.54, 1.807) is 0 Å². The fraction of sp³-hybridized carbons (Fsp3) is 0.667. The summed E-state index contributed by atoms with van der Waals surface area (Å²) in [5.41, 5.74) is 4.93. The molecule has 14 heavy (non-hydrogen) atoms. The normalized spacial score (nSPS) is 9.43. The number of nitro groups is 1. The highest BCUT2D eigenvalue weighted by molar-refractivity contribution is 5.73. The first-order valence-corrected chi connectivity index (χ1v) is 3.92. The van der Waals surface area contributed by atoms with Crippen molar-refractivity contribution in [1.29, 1.82) is 5.41 Å². The number of carboxylic acid groups (broad SMARTS) is 1. The second-order valence-corrected chi connectivity index (χ2v) is 2.60. The third kappa shape index (κ3) is 4.91. The molecule has 0 atom stereocenters. The van der Waals surface area contributed by atoms with Crippen molar-refractivity contribution in [3.8, 4) is 0 Å². The smallest absolute Gasteiger partial charge is 0.303 e. The van der Waals surface area contributed by atoms with Crippen LogP contribution in [0, 0.1) is 15.5 Å². The van der Waals surface area contributed by atoms with Crippen molar-refractivity contribution in [3.63, 3.8) is 0 Å². The Morgan fingerprint density at radius 2 is 2.14 bits per heavy atom. The first kappa shape index (κ1) is 12.1. The van der Waals surface area contributed by atoms with E-state index in [1.807, 2.05) is 0 Å².